The lowest BCUT2D eigenvalue weighted by Crippen LogP contribution is -2.30. The van der Waals surface area contributed by atoms with Crippen molar-refractivity contribution in [3.8, 4) is 0 Å². The van der Waals surface area contributed by atoms with Crippen molar-refractivity contribution in [2.45, 2.75) is 45.1 Å². The Balaban J connectivity index is 2.18. The second-order valence-corrected chi connectivity index (χ2v) is 7.58. The van der Waals surface area contributed by atoms with Crippen molar-refractivity contribution in [2.75, 3.05) is 11.6 Å². The number of nitrogens with one attached hydrogen (secondary N) is 2. The minimum Gasteiger partial charge on any atom is -0.382 e. The first kappa shape index (κ1) is 16.7. The van der Waals surface area contributed by atoms with Crippen molar-refractivity contribution in [1.29, 1.82) is 0 Å². The van der Waals surface area contributed by atoms with Crippen molar-refractivity contribution < 1.29 is 17.6 Å². The van der Waals surface area contributed by atoms with Gasteiger partial charge >= 0.3 is 0 Å². The van der Waals surface area contributed by atoms with E-state index in [-0.39, 0.29) is 5.56 Å². The molecule has 122 valence electrons. The summed E-state index contributed by atoms with van der Waals surface area (Å²) in [7, 11) is -3.72. The van der Waals surface area contributed by atoms with E-state index in [1.165, 1.54) is 18.6 Å². The van der Waals surface area contributed by atoms with Crippen LogP contribution in [-0.4, -0.2) is 26.6 Å². The van der Waals surface area contributed by atoms with Crippen LogP contribution in [0.15, 0.2) is 12.1 Å². The Kier molecular flexibility index (Phi) is 5.05. The molecular formula is C15H21FN2O3S. The van der Waals surface area contributed by atoms with Crippen LogP contribution >= 0.6 is 0 Å². The first-order valence-corrected chi connectivity index (χ1v) is 9.24. The number of halogens is 1. The van der Waals surface area contributed by atoms with Gasteiger partial charge in [0.1, 0.15) is 5.82 Å². The van der Waals surface area contributed by atoms with E-state index in [0.29, 0.717) is 17.3 Å². The molecule has 22 heavy (non-hydrogen) atoms. The van der Waals surface area contributed by atoms with E-state index >= 15 is 0 Å². The Morgan fingerprint density at radius 1 is 1.23 bits per heavy atom. The van der Waals surface area contributed by atoms with Gasteiger partial charge in [-0.25, -0.2) is 17.5 Å². The van der Waals surface area contributed by atoms with Gasteiger partial charge in [-0.05, 0) is 37.5 Å². The van der Waals surface area contributed by atoms with Gasteiger partial charge in [-0.3, -0.25) is 4.79 Å². The van der Waals surface area contributed by atoms with Gasteiger partial charge in [0.2, 0.25) is 10.0 Å². The monoisotopic (exact) mass is 328 g/mol. The molecule has 1 aromatic rings. The van der Waals surface area contributed by atoms with Crippen LogP contribution in [0.1, 0.15) is 48.0 Å². The summed E-state index contributed by atoms with van der Waals surface area (Å²) in [6.45, 7) is 1.77. The molecule has 0 spiro atoms. The Morgan fingerprint density at radius 2 is 1.86 bits per heavy atom. The average Bonchev–Trinajstić information content (AvgIpc) is 2.41. The highest BCUT2D eigenvalue weighted by Crippen LogP contribution is 2.25. The molecule has 1 aromatic carbocycles. The number of aryl methyl sites for hydroxylation is 1. The van der Waals surface area contributed by atoms with E-state index in [1.807, 2.05) is 0 Å². The largest absolute Gasteiger partial charge is 0.382 e. The molecule has 0 radical (unpaired) electrons. The minimum absolute atomic E-state index is 0.267. The number of hydrogen-bond donors (Lipinski definition) is 2. The van der Waals surface area contributed by atoms with E-state index in [1.54, 1.807) is 11.6 Å². The molecule has 1 fully saturated rings. The van der Waals surface area contributed by atoms with Gasteiger partial charge in [-0.1, -0.05) is 19.3 Å². The normalized spacial score (nSPS) is 16.3. The molecule has 5 nitrogen and oxygen atoms in total. The maximum Gasteiger partial charge on any atom is 0.267 e. The smallest absolute Gasteiger partial charge is 0.267 e. The SMILES string of the molecule is Cc1cc(C(=O)NS(C)(=O)=O)c(F)cc1NC1CCCCC1. The van der Waals surface area contributed by atoms with E-state index in [9.17, 15) is 17.6 Å². The van der Waals surface area contributed by atoms with Gasteiger partial charge in [-0.2, -0.15) is 0 Å². The summed E-state index contributed by atoms with van der Waals surface area (Å²) >= 11 is 0. The molecular weight excluding hydrogens is 307 g/mol. The summed E-state index contributed by atoms with van der Waals surface area (Å²) in [6.07, 6.45) is 6.52. The first-order valence-electron chi connectivity index (χ1n) is 7.35. The summed E-state index contributed by atoms with van der Waals surface area (Å²) in [5.74, 6) is -1.68. The Labute approximate surface area is 130 Å². The highest BCUT2D eigenvalue weighted by Gasteiger charge is 2.19. The second kappa shape index (κ2) is 6.64. The molecule has 7 heteroatoms. The van der Waals surface area contributed by atoms with Crippen LogP contribution in [0.2, 0.25) is 0 Å². The van der Waals surface area contributed by atoms with Gasteiger partial charge in [0.25, 0.3) is 5.91 Å². The van der Waals surface area contributed by atoms with E-state index in [0.717, 1.165) is 31.9 Å². The summed E-state index contributed by atoms with van der Waals surface area (Å²) in [6, 6.07) is 2.96. The van der Waals surface area contributed by atoms with Gasteiger partial charge in [-0.15, -0.1) is 0 Å². The van der Waals surface area contributed by atoms with Gasteiger partial charge in [0.05, 0.1) is 11.8 Å². The number of anilines is 1. The predicted octanol–water partition coefficient (Wildman–Crippen LogP) is 2.57. The lowest BCUT2D eigenvalue weighted by Gasteiger charge is -2.25. The zero-order valence-corrected chi connectivity index (χ0v) is 13.6. The zero-order chi connectivity index (χ0) is 16.3. The van der Waals surface area contributed by atoms with Crippen molar-refractivity contribution in [3.63, 3.8) is 0 Å². The number of hydrogen-bond acceptors (Lipinski definition) is 4. The second-order valence-electron chi connectivity index (χ2n) is 5.83. The third-order valence-electron chi connectivity index (χ3n) is 3.80. The number of carbonyl (C=O) groups is 1. The Bertz CT molecular complexity index is 668. The number of sulfonamides is 1. The molecule has 0 heterocycles. The van der Waals surface area contributed by atoms with E-state index in [2.05, 4.69) is 5.32 Å². The minimum atomic E-state index is -3.72. The van der Waals surface area contributed by atoms with Gasteiger partial charge in [0, 0.05) is 11.7 Å². The quantitative estimate of drug-likeness (QED) is 0.891. The fraction of sp³-hybridized carbons (Fsp3) is 0.533. The molecule has 0 saturated heterocycles. The predicted molar refractivity (Wildman–Crippen MR) is 83.9 cm³/mol. The van der Waals surface area contributed by atoms with Crippen LogP contribution < -0.4 is 10.0 Å². The Hall–Kier alpha value is -1.63. The van der Waals surface area contributed by atoms with Crippen molar-refractivity contribution in [3.05, 3.63) is 29.1 Å². The topological polar surface area (TPSA) is 75.3 Å². The van der Waals surface area contributed by atoms with Crippen LogP contribution in [0.4, 0.5) is 10.1 Å². The van der Waals surface area contributed by atoms with Gasteiger partial charge < -0.3 is 5.32 Å². The molecule has 2 rings (SSSR count). The van der Waals surface area contributed by atoms with Crippen LogP contribution in [-0.2, 0) is 10.0 Å². The standard InChI is InChI=1S/C15H21FN2O3S/c1-10-8-12(15(19)18-22(2,20)21)13(16)9-14(10)17-11-6-4-3-5-7-11/h8-9,11,17H,3-7H2,1-2H3,(H,18,19). The molecule has 0 aromatic heterocycles. The van der Waals surface area contributed by atoms with Gasteiger partial charge in [0.15, 0.2) is 0 Å². The molecule has 1 amide bonds. The zero-order valence-electron chi connectivity index (χ0n) is 12.8. The fourth-order valence-electron chi connectivity index (χ4n) is 2.70. The first-order chi connectivity index (χ1) is 10.3. The summed E-state index contributed by atoms with van der Waals surface area (Å²) in [4.78, 5) is 11.8. The van der Waals surface area contributed by atoms with Crippen LogP contribution in [0.3, 0.4) is 0 Å². The van der Waals surface area contributed by atoms with E-state index in [4.69, 9.17) is 0 Å². The average molecular weight is 328 g/mol. The van der Waals surface area contributed by atoms with Crippen molar-refractivity contribution in [2.24, 2.45) is 0 Å². The highest BCUT2D eigenvalue weighted by atomic mass is 32.2. The molecule has 0 atom stereocenters. The van der Waals surface area contributed by atoms with Crippen molar-refractivity contribution >= 4 is 21.6 Å². The third-order valence-corrected chi connectivity index (χ3v) is 4.36. The summed E-state index contributed by atoms with van der Waals surface area (Å²) < 4.78 is 38.0. The maximum absolute atomic E-state index is 14.1. The maximum atomic E-state index is 14.1. The van der Waals surface area contributed by atoms with Crippen molar-refractivity contribution in [1.82, 2.24) is 4.72 Å². The Morgan fingerprint density at radius 3 is 2.45 bits per heavy atom. The molecule has 1 aliphatic rings. The number of rotatable bonds is 4. The van der Waals surface area contributed by atoms with Crippen LogP contribution in [0.5, 0.6) is 0 Å². The summed E-state index contributed by atoms with van der Waals surface area (Å²) in [5.41, 5.74) is 1.10. The summed E-state index contributed by atoms with van der Waals surface area (Å²) in [5, 5.41) is 3.31. The fourth-order valence-corrected chi connectivity index (χ4v) is 3.15. The lowest BCUT2D eigenvalue weighted by molar-refractivity contribution is 0.0977. The molecule has 0 unspecified atom stereocenters. The van der Waals surface area contributed by atoms with E-state index < -0.39 is 21.7 Å². The molecule has 2 N–H and O–H groups in total. The molecule has 1 saturated carbocycles. The van der Waals surface area contributed by atoms with Crippen LogP contribution in [0, 0.1) is 12.7 Å². The highest BCUT2D eigenvalue weighted by molar-refractivity contribution is 7.89. The van der Waals surface area contributed by atoms with Crippen LogP contribution in [0.25, 0.3) is 0 Å². The molecule has 1 aliphatic carbocycles. The number of carbonyl (C=O) groups excluding carboxylic acids is 1. The third kappa shape index (κ3) is 4.43. The molecule has 0 aliphatic heterocycles. The molecule has 0 bridgehead atoms. The number of benzene rings is 1. The lowest BCUT2D eigenvalue weighted by atomic mass is 9.95. The number of amides is 1.